The molecule has 0 atom stereocenters. The van der Waals surface area contributed by atoms with Gasteiger partial charge in [-0.25, -0.2) is 14.4 Å². The summed E-state index contributed by atoms with van der Waals surface area (Å²) < 4.78 is 15.8. The number of hydrogen-bond donors (Lipinski definition) is 3. The molecule has 5 aromatic rings. The number of imidazole rings is 1. The zero-order chi connectivity index (χ0) is 22.4. The molecule has 1 amide bonds. The number of halogens is 1. The van der Waals surface area contributed by atoms with Gasteiger partial charge in [0, 0.05) is 29.4 Å². The van der Waals surface area contributed by atoms with Crippen molar-refractivity contribution in [2.45, 2.75) is 25.7 Å². The molecular weight excluding hydrogens is 421 g/mol. The molecule has 1 aliphatic rings. The van der Waals surface area contributed by atoms with Gasteiger partial charge in [0.15, 0.2) is 11.5 Å². The summed E-state index contributed by atoms with van der Waals surface area (Å²) in [5, 5.41) is 10.4. The molecule has 0 saturated heterocycles. The molecule has 1 fully saturated rings. The molecule has 3 N–H and O–H groups in total. The number of anilines is 1. The van der Waals surface area contributed by atoms with Gasteiger partial charge < -0.3 is 10.3 Å². The Morgan fingerprint density at radius 2 is 2.03 bits per heavy atom. The van der Waals surface area contributed by atoms with Crippen LogP contribution >= 0.6 is 0 Å². The Bertz CT molecular complexity index is 1470. The minimum atomic E-state index is -0.439. The first kappa shape index (κ1) is 19.5. The van der Waals surface area contributed by atoms with Crippen LogP contribution in [0.5, 0.6) is 0 Å². The first-order valence-corrected chi connectivity index (χ1v) is 10.9. The van der Waals surface area contributed by atoms with Crippen molar-refractivity contribution in [2.24, 2.45) is 5.92 Å². The van der Waals surface area contributed by atoms with Gasteiger partial charge in [-0.05, 0) is 43.2 Å². The van der Waals surface area contributed by atoms with Crippen LogP contribution in [-0.4, -0.2) is 36.0 Å². The topological polar surface area (TPSA) is 112 Å². The third-order valence-corrected chi connectivity index (χ3v) is 6.19. The quantitative estimate of drug-likeness (QED) is 0.370. The molecular formula is C24H20FN7O. The SMILES string of the molecule is O=C(Nc1cncc(-c2ccc3[nH]nc(-c4nc5cccnc5[nH]4)c3c2F)c1)C1CCCC1. The Morgan fingerprint density at radius 3 is 2.88 bits per heavy atom. The summed E-state index contributed by atoms with van der Waals surface area (Å²) in [6.07, 6.45) is 8.80. The number of carbonyl (C=O) groups excluding carboxylic acids is 1. The van der Waals surface area contributed by atoms with Crippen LogP contribution in [0.4, 0.5) is 10.1 Å². The third kappa shape index (κ3) is 3.42. The van der Waals surface area contributed by atoms with E-state index in [0.717, 1.165) is 25.7 Å². The lowest BCUT2D eigenvalue weighted by Crippen LogP contribution is -2.20. The molecule has 9 heteroatoms. The molecule has 1 saturated carbocycles. The number of aromatic nitrogens is 6. The van der Waals surface area contributed by atoms with Gasteiger partial charge in [0.2, 0.25) is 5.91 Å². The summed E-state index contributed by atoms with van der Waals surface area (Å²) in [6.45, 7) is 0. The lowest BCUT2D eigenvalue weighted by atomic mass is 10.0. The smallest absolute Gasteiger partial charge is 0.227 e. The monoisotopic (exact) mass is 441 g/mol. The highest BCUT2D eigenvalue weighted by Gasteiger charge is 2.23. The highest BCUT2D eigenvalue weighted by molar-refractivity contribution is 5.97. The lowest BCUT2D eigenvalue weighted by Gasteiger charge is -2.11. The number of amides is 1. The van der Waals surface area contributed by atoms with Crippen LogP contribution in [0.3, 0.4) is 0 Å². The van der Waals surface area contributed by atoms with E-state index in [1.807, 2.05) is 6.07 Å². The molecule has 1 aromatic carbocycles. The number of rotatable bonds is 4. The second kappa shape index (κ2) is 7.77. The summed E-state index contributed by atoms with van der Waals surface area (Å²) in [4.78, 5) is 28.6. The maximum atomic E-state index is 15.8. The molecule has 0 unspecified atom stereocenters. The normalized spacial score (nSPS) is 14.3. The fraction of sp³-hybridized carbons (Fsp3) is 0.208. The number of H-pyrrole nitrogens is 2. The van der Waals surface area contributed by atoms with Crippen LogP contribution in [-0.2, 0) is 4.79 Å². The van der Waals surface area contributed by atoms with Crippen molar-refractivity contribution in [3.63, 3.8) is 0 Å². The van der Waals surface area contributed by atoms with Crippen LogP contribution in [0.2, 0.25) is 0 Å². The van der Waals surface area contributed by atoms with Gasteiger partial charge in [-0.15, -0.1) is 0 Å². The summed E-state index contributed by atoms with van der Waals surface area (Å²) in [7, 11) is 0. The number of carbonyl (C=O) groups is 1. The lowest BCUT2D eigenvalue weighted by molar-refractivity contribution is -0.119. The Kier molecular flexibility index (Phi) is 4.60. The number of pyridine rings is 2. The first-order chi connectivity index (χ1) is 16.2. The number of benzene rings is 1. The van der Waals surface area contributed by atoms with E-state index in [4.69, 9.17) is 0 Å². The predicted molar refractivity (Wildman–Crippen MR) is 123 cm³/mol. The molecule has 0 radical (unpaired) electrons. The van der Waals surface area contributed by atoms with E-state index in [0.29, 0.717) is 50.4 Å². The molecule has 0 aliphatic heterocycles. The largest absolute Gasteiger partial charge is 0.324 e. The summed E-state index contributed by atoms with van der Waals surface area (Å²) in [5.74, 6) is 0.0268. The van der Waals surface area contributed by atoms with Crippen LogP contribution in [0.1, 0.15) is 25.7 Å². The fourth-order valence-corrected chi connectivity index (χ4v) is 4.51. The average Bonchev–Trinajstić information content (AvgIpc) is 3.58. The maximum Gasteiger partial charge on any atom is 0.227 e. The van der Waals surface area contributed by atoms with Crippen molar-refractivity contribution >= 4 is 33.7 Å². The van der Waals surface area contributed by atoms with Gasteiger partial charge in [0.1, 0.15) is 17.0 Å². The van der Waals surface area contributed by atoms with E-state index in [1.54, 1.807) is 42.9 Å². The Labute approximate surface area is 187 Å². The Hall–Kier alpha value is -4.14. The molecule has 0 spiro atoms. The molecule has 6 rings (SSSR count). The van der Waals surface area contributed by atoms with Crippen molar-refractivity contribution in [1.82, 2.24) is 30.1 Å². The standard InChI is InChI=1S/C24H20FN7O/c25-20-16(14-10-15(12-26-11-14)28-24(33)13-4-1-2-5-13)7-8-17-19(20)21(32-31-17)23-29-18-6-3-9-27-22(18)30-23/h3,6-13H,1-2,4-5H2,(H,28,33)(H,31,32)(H,27,29,30). The number of hydrogen-bond acceptors (Lipinski definition) is 5. The van der Waals surface area contributed by atoms with Crippen LogP contribution in [0.25, 0.3) is 44.7 Å². The number of aromatic amines is 2. The Morgan fingerprint density at radius 1 is 1.15 bits per heavy atom. The van der Waals surface area contributed by atoms with Gasteiger partial charge in [0.05, 0.1) is 22.8 Å². The molecule has 4 heterocycles. The van der Waals surface area contributed by atoms with E-state index in [1.165, 1.54) is 0 Å². The van der Waals surface area contributed by atoms with E-state index in [-0.39, 0.29) is 11.8 Å². The molecule has 33 heavy (non-hydrogen) atoms. The van der Waals surface area contributed by atoms with Crippen molar-refractivity contribution in [1.29, 1.82) is 0 Å². The van der Waals surface area contributed by atoms with Crippen molar-refractivity contribution in [2.75, 3.05) is 5.32 Å². The van der Waals surface area contributed by atoms with Crippen molar-refractivity contribution in [3.8, 4) is 22.6 Å². The first-order valence-electron chi connectivity index (χ1n) is 10.9. The molecule has 4 aromatic heterocycles. The Balaban J connectivity index is 1.39. The number of nitrogens with one attached hydrogen (secondary N) is 3. The van der Waals surface area contributed by atoms with Crippen LogP contribution in [0, 0.1) is 11.7 Å². The average molecular weight is 441 g/mol. The zero-order valence-electron chi connectivity index (χ0n) is 17.6. The zero-order valence-corrected chi connectivity index (χ0v) is 17.6. The predicted octanol–water partition coefficient (Wildman–Crippen LogP) is 4.83. The van der Waals surface area contributed by atoms with Gasteiger partial charge in [-0.2, -0.15) is 5.10 Å². The third-order valence-electron chi connectivity index (χ3n) is 6.19. The van der Waals surface area contributed by atoms with E-state index >= 15 is 4.39 Å². The van der Waals surface area contributed by atoms with Crippen LogP contribution < -0.4 is 5.32 Å². The highest BCUT2D eigenvalue weighted by Crippen LogP contribution is 2.34. The minimum Gasteiger partial charge on any atom is -0.324 e. The summed E-state index contributed by atoms with van der Waals surface area (Å²) >= 11 is 0. The summed E-state index contributed by atoms with van der Waals surface area (Å²) in [5.41, 5.74) is 3.70. The minimum absolute atomic E-state index is 0.00186. The fourth-order valence-electron chi connectivity index (χ4n) is 4.51. The van der Waals surface area contributed by atoms with E-state index in [9.17, 15) is 4.79 Å². The second-order valence-electron chi connectivity index (χ2n) is 8.31. The molecule has 8 nitrogen and oxygen atoms in total. The highest BCUT2D eigenvalue weighted by atomic mass is 19.1. The van der Waals surface area contributed by atoms with Gasteiger partial charge in [-0.1, -0.05) is 12.8 Å². The van der Waals surface area contributed by atoms with Crippen LogP contribution in [0.15, 0.2) is 48.9 Å². The van der Waals surface area contributed by atoms with Gasteiger partial charge in [-0.3, -0.25) is 14.9 Å². The maximum absolute atomic E-state index is 15.8. The second-order valence-corrected chi connectivity index (χ2v) is 8.31. The van der Waals surface area contributed by atoms with E-state index < -0.39 is 5.82 Å². The molecule has 164 valence electrons. The van der Waals surface area contributed by atoms with Gasteiger partial charge >= 0.3 is 0 Å². The van der Waals surface area contributed by atoms with E-state index in [2.05, 4.69) is 35.5 Å². The molecule has 1 aliphatic carbocycles. The van der Waals surface area contributed by atoms with Crippen molar-refractivity contribution < 1.29 is 9.18 Å². The van der Waals surface area contributed by atoms with Gasteiger partial charge in [0.25, 0.3) is 0 Å². The number of nitrogens with zero attached hydrogens (tertiary/aromatic N) is 4. The van der Waals surface area contributed by atoms with Crippen molar-refractivity contribution in [3.05, 3.63) is 54.7 Å². The summed E-state index contributed by atoms with van der Waals surface area (Å²) in [6, 6.07) is 8.82. The number of fused-ring (bicyclic) bond motifs is 2. The molecule has 0 bridgehead atoms.